The Morgan fingerprint density at radius 3 is 2.89 bits per heavy atom. The van der Waals surface area contributed by atoms with Gasteiger partial charge in [0.25, 0.3) is 0 Å². The van der Waals surface area contributed by atoms with Gasteiger partial charge in [-0.2, -0.15) is 0 Å². The Labute approximate surface area is 113 Å². The fourth-order valence-electron chi connectivity index (χ4n) is 3.42. The van der Waals surface area contributed by atoms with Gasteiger partial charge in [-0.1, -0.05) is 0 Å². The summed E-state index contributed by atoms with van der Waals surface area (Å²) in [5, 5.41) is 3.52. The highest BCUT2D eigenvalue weighted by Gasteiger charge is 2.36. The molecule has 3 aliphatic rings. The van der Waals surface area contributed by atoms with Crippen LogP contribution >= 0.6 is 0 Å². The molecule has 6 nitrogen and oxygen atoms in total. The van der Waals surface area contributed by atoms with Crippen molar-refractivity contribution in [3.8, 4) is 0 Å². The minimum absolute atomic E-state index is 0.118. The second-order valence-corrected chi connectivity index (χ2v) is 5.54. The van der Waals surface area contributed by atoms with Crippen molar-refractivity contribution < 1.29 is 14.3 Å². The number of imide groups is 1. The zero-order valence-corrected chi connectivity index (χ0v) is 11.1. The largest absolute Gasteiger partial charge is 0.447 e. The number of ether oxygens (including phenoxy) is 1. The zero-order chi connectivity index (χ0) is 13.2. The van der Waals surface area contributed by atoms with Gasteiger partial charge in [0.15, 0.2) is 0 Å². The van der Waals surface area contributed by atoms with Crippen LogP contribution in [0.2, 0.25) is 0 Å². The minimum Gasteiger partial charge on any atom is -0.447 e. The normalized spacial score (nSPS) is 32.0. The van der Waals surface area contributed by atoms with Crippen molar-refractivity contribution in [3.05, 3.63) is 0 Å². The maximum Gasteiger partial charge on any atom is 0.416 e. The molecule has 0 aromatic carbocycles. The summed E-state index contributed by atoms with van der Waals surface area (Å²) in [6.45, 7) is 3.12. The fourth-order valence-corrected chi connectivity index (χ4v) is 3.42. The standard InChI is InChI=1S/C13H21N3O3/c17-12(16-7-8-19-13(16)18)9-15-6-2-4-11(15)10-3-1-5-14-10/h10-11,14H,1-9H2. The molecule has 3 fully saturated rings. The third-order valence-electron chi connectivity index (χ3n) is 4.38. The van der Waals surface area contributed by atoms with Gasteiger partial charge in [-0.05, 0) is 38.8 Å². The van der Waals surface area contributed by atoms with Crippen LogP contribution in [0.1, 0.15) is 25.7 Å². The molecule has 3 saturated heterocycles. The Kier molecular flexibility index (Phi) is 3.70. The zero-order valence-electron chi connectivity index (χ0n) is 11.1. The average Bonchev–Trinajstić information content (AvgIpc) is 3.07. The van der Waals surface area contributed by atoms with Crippen molar-refractivity contribution in [2.24, 2.45) is 0 Å². The first-order valence-electron chi connectivity index (χ1n) is 7.20. The second-order valence-electron chi connectivity index (χ2n) is 5.54. The van der Waals surface area contributed by atoms with Crippen LogP contribution in [-0.4, -0.2) is 66.7 Å². The average molecular weight is 267 g/mol. The number of hydrogen-bond acceptors (Lipinski definition) is 5. The van der Waals surface area contributed by atoms with E-state index in [1.54, 1.807) is 0 Å². The molecule has 0 spiro atoms. The molecule has 3 aliphatic heterocycles. The summed E-state index contributed by atoms with van der Waals surface area (Å²) in [5.41, 5.74) is 0. The Balaban J connectivity index is 1.58. The lowest BCUT2D eigenvalue weighted by molar-refractivity contribution is -0.129. The van der Waals surface area contributed by atoms with Crippen molar-refractivity contribution in [1.29, 1.82) is 0 Å². The summed E-state index contributed by atoms with van der Waals surface area (Å²) in [6.07, 6.45) is 4.22. The van der Waals surface area contributed by atoms with E-state index in [0.29, 0.717) is 31.8 Å². The van der Waals surface area contributed by atoms with E-state index in [1.807, 2.05) is 0 Å². The van der Waals surface area contributed by atoms with Gasteiger partial charge >= 0.3 is 6.09 Å². The summed E-state index contributed by atoms with van der Waals surface area (Å²) < 4.78 is 4.81. The molecule has 19 heavy (non-hydrogen) atoms. The van der Waals surface area contributed by atoms with Gasteiger partial charge in [0.05, 0.1) is 13.1 Å². The number of cyclic esters (lactones) is 1. The maximum absolute atomic E-state index is 12.1. The van der Waals surface area contributed by atoms with E-state index in [4.69, 9.17) is 4.74 Å². The van der Waals surface area contributed by atoms with Crippen LogP contribution in [0.3, 0.4) is 0 Å². The van der Waals surface area contributed by atoms with Gasteiger partial charge in [0.2, 0.25) is 5.91 Å². The van der Waals surface area contributed by atoms with Gasteiger partial charge in [0, 0.05) is 12.1 Å². The monoisotopic (exact) mass is 267 g/mol. The van der Waals surface area contributed by atoms with Gasteiger partial charge in [0.1, 0.15) is 6.61 Å². The van der Waals surface area contributed by atoms with Gasteiger partial charge < -0.3 is 10.1 Å². The van der Waals surface area contributed by atoms with Crippen LogP contribution in [0, 0.1) is 0 Å². The Morgan fingerprint density at radius 2 is 2.21 bits per heavy atom. The van der Waals surface area contributed by atoms with E-state index >= 15 is 0 Å². The number of amides is 2. The molecule has 0 aliphatic carbocycles. The van der Waals surface area contributed by atoms with Crippen molar-refractivity contribution in [3.63, 3.8) is 0 Å². The lowest BCUT2D eigenvalue weighted by Crippen LogP contribution is -2.48. The van der Waals surface area contributed by atoms with E-state index in [9.17, 15) is 9.59 Å². The SMILES string of the molecule is O=C(CN1CCCC1C1CCCN1)N1CCOC1=O. The Morgan fingerprint density at radius 1 is 1.32 bits per heavy atom. The van der Waals surface area contributed by atoms with Crippen LogP contribution in [0.25, 0.3) is 0 Å². The van der Waals surface area contributed by atoms with Crippen LogP contribution in [-0.2, 0) is 9.53 Å². The molecule has 2 amide bonds. The van der Waals surface area contributed by atoms with E-state index in [1.165, 1.54) is 17.7 Å². The quantitative estimate of drug-likeness (QED) is 0.790. The van der Waals surface area contributed by atoms with E-state index in [2.05, 4.69) is 10.2 Å². The number of likely N-dealkylation sites (tertiary alicyclic amines) is 1. The van der Waals surface area contributed by atoms with E-state index in [-0.39, 0.29) is 5.91 Å². The number of hydrogen-bond donors (Lipinski definition) is 1. The first-order chi connectivity index (χ1) is 9.25. The number of rotatable bonds is 3. The second kappa shape index (κ2) is 5.46. The van der Waals surface area contributed by atoms with E-state index in [0.717, 1.165) is 25.9 Å². The van der Waals surface area contributed by atoms with Crippen molar-refractivity contribution >= 4 is 12.0 Å². The molecule has 106 valence electrons. The number of carbonyl (C=O) groups is 2. The molecule has 3 heterocycles. The summed E-state index contributed by atoms with van der Waals surface area (Å²) in [7, 11) is 0. The van der Waals surface area contributed by atoms with Crippen molar-refractivity contribution in [1.82, 2.24) is 15.1 Å². The smallest absolute Gasteiger partial charge is 0.416 e. The highest BCUT2D eigenvalue weighted by molar-refractivity contribution is 5.94. The van der Waals surface area contributed by atoms with Gasteiger partial charge in [-0.3, -0.25) is 9.69 Å². The fraction of sp³-hybridized carbons (Fsp3) is 0.846. The number of nitrogens with zero attached hydrogens (tertiary/aromatic N) is 2. The van der Waals surface area contributed by atoms with Crippen LogP contribution < -0.4 is 5.32 Å². The molecule has 2 atom stereocenters. The van der Waals surface area contributed by atoms with Crippen LogP contribution in [0.5, 0.6) is 0 Å². The predicted octanol–water partition coefficient (Wildman–Crippen LogP) is 0.182. The lowest BCUT2D eigenvalue weighted by Gasteiger charge is -2.29. The van der Waals surface area contributed by atoms with Gasteiger partial charge in [-0.15, -0.1) is 0 Å². The van der Waals surface area contributed by atoms with Crippen LogP contribution in [0.15, 0.2) is 0 Å². The molecule has 2 unspecified atom stereocenters. The molecule has 6 heteroatoms. The first-order valence-corrected chi connectivity index (χ1v) is 7.20. The molecular formula is C13H21N3O3. The van der Waals surface area contributed by atoms with Crippen LogP contribution in [0.4, 0.5) is 4.79 Å². The summed E-state index contributed by atoms with van der Waals surface area (Å²) in [4.78, 5) is 27.0. The topological polar surface area (TPSA) is 61.9 Å². The van der Waals surface area contributed by atoms with Crippen molar-refractivity contribution in [2.45, 2.75) is 37.8 Å². The highest BCUT2D eigenvalue weighted by Crippen LogP contribution is 2.24. The summed E-state index contributed by atoms with van der Waals surface area (Å²) >= 11 is 0. The maximum atomic E-state index is 12.1. The molecule has 0 aromatic rings. The molecule has 0 bridgehead atoms. The van der Waals surface area contributed by atoms with Crippen molar-refractivity contribution in [2.75, 3.05) is 32.8 Å². The summed E-state index contributed by atoms with van der Waals surface area (Å²) in [5.74, 6) is -0.118. The number of nitrogens with one attached hydrogen (secondary N) is 1. The lowest BCUT2D eigenvalue weighted by atomic mass is 10.0. The third kappa shape index (κ3) is 2.60. The molecule has 0 radical (unpaired) electrons. The molecule has 1 N–H and O–H groups in total. The Bertz CT molecular complexity index is 368. The Hall–Kier alpha value is -1.14. The molecule has 3 rings (SSSR count). The van der Waals surface area contributed by atoms with E-state index < -0.39 is 6.09 Å². The molecule has 0 saturated carbocycles. The third-order valence-corrected chi connectivity index (χ3v) is 4.38. The highest BCUT2D eigenvalue weighted by atomic mass is 16.6. The first kappa shape index (κ1) is 12.9. The minimum atomic E-state index is -0.486. The summed E-state index contributed by atoms with van der Waals surface area (Å²) in [6, 6.07) is 0.964. The molecular weight excluding hydrogens is 246 g/mol. The molecule has 0 aromatic heterocycles. The number of carbonyl (C=O) groups excluding carboxylic acids is 2. The predicted molar refractivity (Wildman–Crippen MR) is 68.7 cm³/mol. The van der Waals surface area contributed by atoms with Gasteiger partial charge in [-0.25, -0.2) is 9.69 Å².